The second-order valence-corrected chi connectivity index (χ2v) is 5.31. The van der Waals surface area contributed by atoms with Crippen LogP contribution in [0.5, 0.6) is 0 Å². The smallest absolute Gasteiger partial charge is 0.224 e. The van der Waals surface area contributed by atoms with Crippen LogP contribution in [-0.4, -0.2) is 5.91 Å². The average molecular weight is 318 g/mol. The minimum absolute atomic E-state index is 0.0372. The summed E-state index contributed by atoms with van der Waals surface area (Å²) in [5, 5.41) is 2.91. The second-order valence-electron chi connectivity index (χ2n) is 4.45. The molecule has 0 heterocycles. The SMILES string of the molecule is Cc1ccccc1CCC(=O)Nc1ccccc1Br. The fourth-order valence-corrected chi connectivity index (χ4v) is 2.30. The van der Waals surface area contributed by atoms with Gasteiger partial charge in [0.15, 0.2) is 0 Å². The minimum Gasteiger partial charge on any atom is -0.325 e. The molecule has 0 spiro atoms. The first-order chi connectivity index (χ1) is 9.16. The second kappa shape index (κ2) is 6.53. The van der Waals surface area contributed by atoms with E-state index >= 15 is 0 Å². The van der Waals surface area contributed by atoms with Crippen LogP contribution >= 0.6 is 15.9 Å². The predicted molar refractivity (Wildman–Crippen MR) is 82.3 cm³/mol. The minimum atomic E-state index is 0.0372. The molecule has 0 aliphatic rings. The molecule has 0 saturated carbocycles. The van der Waals surface area contributed by atoms with Crippen LogP contribution < -0.4 is 5.32 Å². The van der Waals surface area contributed by atoms with E-state index in [1.165, 1.54) is 11.1 Å². The lowest BCUT2D eigenvalue weighted by atomic mass is 10.0. The van der Waals surface area contributed by atoms with Gasteiger partial charge in [-0.15, -0.1) is 0 Å². The molecular formula is C16H16BrNO. The first-order valence-electron chi connectivity index (χ1n) is 6.25. The lowest BCUT2D eigenvalue weighted by molar-refractivity contribution is -0.116. The highest BCUT2D eigenvalue weighted by atomic mass is 79.9. The molecule has 2 nitrogen and oxygen atoms in total. The number of para-hydroxylation sites is 1. The Hall–Kier alpha value is -1.61. The van der Waals surface area contributed by atoms with Crippen LogP contribution in [0.2, 0.25) is 0 Å². The number of carbonyl (C=O) groups excluding carboxylic acids is 1. The first kappa shape index (κ1) is 13.8. The van der Waals surface area contributed by atoms with E-state index < -0.39 is 0 Å². The summed E-state index contributed by atoms with van der Waals surface area (Å²) >= 11 is 3.42. The van der Waals surface area contributed by atoms with Crippen molar-refractivity contribution in [1.29, 1.82) is 0 Å². The fraction of sp³-hybridized carbons (Fsp3) is 0.188. The van der Waals surface area contributed by atoms with Gasteiger partial charge in [-0.2, -0.15) is 0 Å². The molecule has 0 bridgehead atoms. The average Bonchev–Trinajstić information content (AvgIpc) is 2.40. The highest BCUT2D eigenvalue weighted by Gasteiger charge is 2.06. The van der Waals surface area contributed by atoms with Crippen LogP contribution in [0.3, 0.4) is 0 Å². The summed E-state index contributed by atoms with van der Waals surface area (Å²) in [4.78, 5) is 11.9. The van der Waals surface area contributed by atoms with Gasteiger partial charge < -0.3 is 5.32 Å². The van der Waals surface area contributed by atoms with Crippen molar-refractivity contribution in [3.05, 3.63) is 64.1 Å². The molecule has 0 aliphatic heterocycles. The van der Waals surface area contributed by atoms with E-state index in [9.17, 15) is 4.79 Å². The molecule has 0 aromatic heterocycles. The van der Waals surface area contributed by atoms with E-state index in [4.69, 9.17) is 0 Å². The van der Waals surface area contributed by atoms with Gasteiger partial charge in [-0.25, -0.2) is 0 Å². The number of aryl methyl sites for hydroxylation is 2. The first-order valence-corrected chi connectivity index (χ1v) is 7.05. The zero-order valence-electron chi connectivity index (χ0n) is 10.8. The topological polar surface area (TPSA) is 29.1 Å². The standard InChI is InChI=1S/C16H16BrNO/c1-12-6-2-3-7-13(12)10-11-16(19)18-15-9-5-4-8-14(15)17/h2-9H,10-11H2,1H3,(H,18,19). The molecule has 0 aliphatic carbocycles. The summed E-state index contributed by atoms with van der Waals surface area (Å²) in [6, 6.07) is 15.8. The zero-order valence-corrected chi connectivity index (χ0v) is 12.4. The number of hydrogen-bond donors (Lipinski definition) is 1. The van der Waals surface area contributed by atoms with Crippen LogP contribution in [0.4, 0.5) is 5.69 Å². The van der Waals surface area contributed by atoms with Crippen LogP contribution in [0, 0.1) is 6.92 Å². The number of nitrogens with one attached hydrogen (secondary N) is 1. The van der Waals surface area contributed by atoms with Gasteiger partial charge in [0.25, 0.3) is 0 Å². The van der Waals surface area contributed by atoms with E-state index in [0.717, 1.165) is 16.6 Å². The Labute approximate surface area is 122 Å². The van der Waals surface area contributed by atoms with Crippen molar-refractivity contribution < 1.29 is 4.79 Å². The summed E-state index contributed by atoms with van der Waals surface area (Å²) in [7, 11) is 0. The Bertz CT molecular complexity index is 580. The molecule has 0 saturated heterocycles. The number of carbonyl (C=O) groups is 1. The van der Waals surface area contributed by atoms with Gasteiger partial charge in [-0.3, -0.25) is 4.79 Å². The summed E-state index contributed by atoms with van der Waals surface area (Å²) < 4.78 is 0.902. The summed E-state index contributed by atoms with van der Waals surface area (Å²) in [6.45, 7) is 2.07. The van der Waals surface area contributed by atoms with Gasteiger partial charge in [0.05, 0.1) is 5.69 Å². The molecule has 1 N–H and O–H groups in total. The van der Waals surface area contributed by atoms with Crippen molar-refractivity contribution in [2.75, 3.05) is 5.32 Å². The van der Waals surface area contributed by atoms with E-state index in [2.05, 4.69) is 40.3 Å². The van der Waals surface area contributed by atoms with Gasteiger partial charge in [0, 0.05) is 10.9 Å². The van der Waals surface area contributed by atoms with Crippen LogP contribution in [0.1, 0.15) is 17.5 Å². The van der Waals surface area contributed by atoms with E-state index in [-0.39, 0.29) is 5.91 Å². The van der Waals surface area contributed by atoms with Crippen molar-refractivity contribution in [2.45, 2.75) is 19.8 Å². The molecule has 2 aromatic carbocycles. The molecule has 2 aromatic rings. The zero-order chi connectivity index (χ0) is 13.7. The third kappa shape index (κ3) is 3.93. The molecule has 2 rings (SSSR count). The molecule has 19 heavy (non-hydrogen) atoms. The largest absolute Gasteiger partial charge is 0.325 e. The molecule has 0 atom stereocenters. The molecule has 98 valence electrons. The number of anilines is 1. The van der Waals surface area contributed by atoms with E-state index in [1.807, 2.05) is 36.4 Å². The summed E-state index contributed by atoms with van der Waals surface area (Å²) in [6.07, 6.45) is 1.26. The maximum atomic E-state index is 11.9. The third-order valence-corrected chi connectivity index (χ3v) is 3.72. The Morgan fingerprint density at radius 3 is 2.53 bits per heavy atom. The normalized spacial score (nSPS) is 10.2. The molecule has 0 unspecified atom stereocenters. The van der Waals surface area contributed by atoms with E-state index in [1.54, 1.807) is 0 Å². The molecule has 0 fully saturated rings. The number of halogens is 1. The lowest BCUT2D eigenvalue weighted by Crippen LogP contribution is -2.12. The number of hydrogen-bond acceptors (Lipinski definition) is 1. The van der Waals surface area contributed by atoms with Crippen molar-refractivity contribution >= 4 is 27.5 Å². The lowest BCUT2D eigenvalue weighted by Gasteiger charge is -2.08. The number of benzene rings is 2. The summed E-state index contributed by atoms with van der Waals surface area (Å²) in [5.41, 5.74) is 3.28. The monoisotopic (exact) mass is 317 g/mol. The maximum absolute atomic E-state index is 11.9. The Balaban J connectivity index is 1.92. The highest BCUT2D eigenvalue weighted by Crippen LogP contribution is 2.21. The van der Waals surface area contributed by atoms with Crippen LogP contribution in [0.15, 0.2) is 53.0 Å². The van der Waals surface area contributed by atoms with Crippen molar-refractivity contribution in [3.8, 4) is 0 Å². The Morgan fingerprint density at radius 1 is 1.11 bits per heavy atom. The Morgan fingerprint density at radius 2 is 1.79 bits per heavy atom. The van der Waals surface area contributed by atoms with E-state index in [0.29, 0.717) is 6.42 Å². The quantitative estimate of drug-likeness (QED) is 0.893. The Kier molecular flexibility index (Phi) is 4.74. The van der Waals surface area contributed by atoms with Gasteiger partial charge >= 0.3 is 0 Å². The molecule has 1 amide bonds. The fourth-order valence-electron chi connectivity index (χ4n) is 1.91. The molecular weight excluding hydrogens is 302 g/mol. The summed E-state index contributed by atoms with van der Waals surface area (Å²) in [5.74, 6) is 0.0372. The van der Waals surface area contributed by atoms with Crippen molar-refractivity contribution in [2.24, 2.45) is 0 Å². The van der Waals surface area contributed by atoms with Crippen LogP contribution in [0.25, 0.3) is 0 Å². The van der Waals surface area contributed by atoms with Gasteiger partial charge in [0.1, 0.15) is 0 Å². The van der Waals surface area contributed by atoms with Crippen LogP contribution in [-0.2, 0) is 11.2 Å². The van der Waals surface area contributed by atoms with Gasteiger partial charge in [-0.1, -0.05) is 36.4 Å². The molecule has 0 radical (unpaired) electrons. The van der Waals surface area contributed by atoms with Crippen molar-refractivity contribution in [1.82, 2.24) is 0 Å². The predicted octanol–water partition coefficient (Wildman–Crippen LogP) is 4.33. The third-order valence-electron chi connectivity index (χ3n) is 3.03. The van der Waals surface area contributed by atoms with Gasteiger partial charge in [0.2, 0.25) is 5.91 Å². The number of rotatable bonds is 4. The van der Waals surface area contributed by atoms with Crippen molar-refractivity contribution in [3.63, 3.8) is 0 Å². The maximum Gasteiger partial charge on any atom is 0.224 e. The highest BCUT2D eigenvalue weighted by molar-refractivity contribution is 9.10. The number of amides is 1. The molecule has 3 heteroatoms. The van der Waals surface area contributed by atoms with Gasteiger partial charge in [-0.05, 0) is 52.5 Å².